The maximum Gasteiger partial charge on any atom is 0.243 e. The van der Waals surface area contributed by atoms with Gasteiger partial charge in [0.2, 0.25) is 15.9 Å². The number of benzene rings is 2. The van der Waals surface area contributed by atoms with Crippen LogP contribution in [-0.2, 0) is 14.8 Å². The van der Waals surface area contributed by atoms with Gasteiger partial charge in [-0.05, 0) is 49.6 Å². The molecule has 1 amide bonds. The Balaban J connectivity index is 1.68. The molecule has 0 aromatic heterocycles. The number of sulfonamides is 1. The molecular formula is C20H23FN2O3S. The largest absolute Gasteiger partial charge is 0.349 e. The van der Waals surface area contributed by atoms with Gasteiger partial charge in [0.1, 0.15) is 5.82 Å². The molecule has 27 heavy (non-hydrogen) atoms. The molecule has 2 aromatic rings. The van der Waals surface area contributed by atoms with E-state index in [0.29, 0.717) is 19.4 Å². The number of carbonyl (C=O) groups excluding carboxylic acids is 1. The Bertz CT molecular complexity index is 885. The number of carbonyl (C=O) groups is 1. The predicted octanol–water partition coefficient (Wildman–Crippen LogP) is 3.10. The van der Waals surface area contributed by atoms with Gasteiger partial charge < -0.3 is 5.32 Å². The molecule has 5 nitrogen and oxygen atoms in total. The summed E-state index contributed by atoms with van der Waals surface area (Å²) in [6.07, 6.45) is 1.25. The molecule has 0 spiro atoms. The van der Waals surface area contributed by atoms with Crippen LogP contribution in [0.5, 0.6) is 0 Å². The van der Waals surface area contributed by atoms with E-state index < -0.39 is 21.8 Å². The molecule has 1 saturated heterocycles. The highest BCUT2D eigenvalue weighted by molar-refractivity contribution is 7.89. The molecule has 1 aliphatic rings. The van der Waals surface area contributed by atoms with Gasteiger partial charge in [0.25, 0.3) is 0 Å². The van der Waals surface area contributed by atoms with Crippen LogP contribution in [0.1, 0.15) is 31.4 Å². The SMILES string of the molecule is C[C@H](NC(=O)[C@@H]1CCCN(S(=O)(=O)c2ccc(F)cc2)C1)c1ccccc1. The molecule has 1 fully saturated rings. The van der Waals surface area contributed by atoms with E-state index in [1.54, 1.807) is 0 Å². The van der Waals surface area contributed by atoms with Gasteiger partial charge in [-0.3, -0.25) is 4.79 Å². The monoisotopic (exact) mass is 390 g/mol. The van der Waals surface area contributed by atoms with E-state index in [2.05, 4.69) is 5.32 Å². The highest BCUT2D eigenvalue weighted by Gasteiger charge is 2.33. The van der Waals surface area contributed by atoms with Crippen LogP contribution in [-0.4, -0.2) is 31.7 Å². The first kappa shape index (κ1) is 19.5. The van der Waals surface area contributed by atoms with Crippen molar-refractivity contribution in [2.75, 3.05) is 13.1 Å². The number of halogens is 1. The molecule has 7 heteroatoms. The third-order valence-electron chi connectivity index (χ3n) is 4.86. The molecule has 0 radical (unpaired) electrons. The fourth-order valence-electron chi connectivity index (χ4n) is 3.29. The maximum absolute atomic E-state index is 13.1. The van der Waals surface area contributed by atoms with Crippen LogP contribution in [0.15, 0.2) is 59.5 Å². The number of hydrogen-bond donors (Lipinski definition) is 1. The Hall–Kier alpha value is -2.25. The summed E-state index contributed by atoms with van der Waals surface area (Å²) >= 11 is 0. The zero-order chi connectivity index (χ0) is 19.4. The Labute approximate surface area is 159 Å². The second kappa shape index (κ2) is 8.19. The molecular weight excluding hydrogens is 367 g/mol. The Morgan fingerprint density at radius 2 is 1.81 bits per heavy atom. The molecule has 1 heterocycles. The normalized spacial score (nSPS) is 19.4. The van der Waals surface area contributed by atoms with Crippen LogP contribution in [0.4, 0.5) is 4.39 Å². The summed E-state index contributed by atoms with van der Waals surface area (Å²) < 4.78 is 40.0. The molecule has 3 rings (SSSR count). The lowest BCUT2D eigenvalue weighted by Crippen LogP contribution is -2.45. The Morgan fingerprint density at radius 3 is 2.48 bits per heavy atom. The number of amides is 1. The third-order valence-corrected chi connectivity index (χ3v) is 6.74. The average molecular weight is 390 g/mol. The second-order valence-electron chi connectivity index (χ2n) is 6.80. The fourth-order valence-corrected chi connectivity index (χ4v) is 4.81. The fraction of sp³-hybridized carbons (Fsp3) is 0.350. The lowest BCUT2D eigenvalue weighted by atomic mass is 9.98. The number of nitrogens with one attached hydrogen (secondary N) is 1. The van der Waals surface area contributed by atoms with Crippen LogP contribution in [0.25, 0.3) is 0 Å². The van der Waals surface area contributed by atoms with Gasteiger partial charge in [-0.2, -0.15) is 4.31 Å². The zero-order valence-electron chi connectivity index (χ0n) is 15.1. The Kier molecular flexibility index (Phi) is 5.92. The van der Waals surface area contributed by atoms with Crippen LogP contribution in [0.2, 0.25) is 0 Å². The number of piperidine rings is 1. The van der Waals surface area contributed by atoms with Gasteiger partial charge in [0.15, 0.2) is 0 Å². The number of hydrogen-bond acceptors (Lipinski definition) is 3. The van der Waals surface area contributed by atoms with E-state index in [0.717, 1.165) is 17.7 Å². The second-order valence-corrected chi connectivity index (χ2v) is 8.74. The van der Waals surface area contributed by atoms with E-state index in [1.807, 2.05) is 37.3 Å². The molecule has 0 aliphatic carbocycles. The highest BCUT2D eigenvalue weighted by Crippen LogP contribution is 2.25. The first-order valence-electron chi connectivity index (χ1n) is 8.99. The first-order valence-corrected chi connectivity index (χ1v) is 10.4. The van der Waals surface area contributed by atoms with Gasteiger partial charge in [-0.1, -0.05) is 30.3 Å². The minimum Gasteiger partial charge on any atom is -0.349 e. The van der Waals surface area contributed by atoms with E-state index in [4.69, 9.17) is 0 Å². The third kappa shape index (κ3) is 4.54. The average Bonchev–Trinajstić information content (AvgIpc) is 2.69. The van der Waals surface area contributed by atoms with E-state index >= 15 is 0 Å². The first-order chi connectivity index (χ1) is 12.9. The summed E-state index contributed by atoms with van der Waals surface area (Å²) in [5.41, 5.74) is 0.998. The lowest BCUT2D eigenvalue weighted by molar-refractivity contribution is -0.126. The predicted molar refractivity (Wildman–Crippen MR) is 101 cm³/mol. The zero-order valence-corrected chi connectivity index (χ0v) is 16.0. The van der Waals surface area contributed by atoms with Gasteiger partial charge in [0, 0.05) is 13.1 Å². The standard InChI is InChI=1S/C20H23FN2O3S/c1-15(16-6-3-2-4-7-16)22-20(24)17-8-5-13-23(14-17)27(25,26)19-11-9-18(21)10-12-19/h2-4,6-7,9-12,15,17H,5,8,13-14H2,1H3,(H,22,24)/t15-,17+/m0/s1. The summed E-state index contributed by atoms with van der Waals surface area (Å²) in [4.78, 5) is 12.7. The minimum absolute atomic E-state index is 0.0441. The molecule has 2 aromatic carbocycles. The van der Waals surface area contributed by atoms with Crippen molar-refractivity contribution in [1.82, 2.24) is 9.62 Å². The van der Waals surface area contributed by atoms with Crippen LogP contribution >= 0.6 is 0 Å². The lowest BCUT2D eigenvalue weighted by Gasteiger charge is -2.32. The maximum atomic E-state index is 13.1. The van der Waals surface area contributed by atoms with Crippen LogP contribution < -0.4 is 5.32 Å². The van der Waals surface area contributed by atoms with Crippen LogP contribution in [0, 0.1) is 11.7 Å². The highest BCUT2D eigenvalue weighted by atomic mass is 32.2. The quantitative estimate of drug-likeness (QED) is 0.853. The van der Waals surface area contributed by atoms with Crippen molar-refractivity contribution in [2.24, 2.45) is 5.92 Å². The van der Waals surface area contributed by atoms with Crippen molar-refractivity contribution >= 4 is 15.9 Å². The van der Waals surface area contributed by atoms with Crippen molar-refractivity contribution in [3.63, 3.8) is 0 Å². The van der Waals surface area contributed by atoms with E-state index in [1.165, 1.54) is 16.4 Å². The summed E-state index contributed by atoms with van der Waals surface area (Å²) in [6.45, 7) is 2.40. The van der Waals surface area contributed by atoms with E-state index in [9.17, 15) is 17.6 Å². The topological polar surface area (TPSA) is 66.5 Å². The molecule has 1 aliphatic heterocycles. The van der Waals surface area contributed by atoms with Crippen molar-refractivity contribution in [3.05, 3.63) is 66.0 Å². The molecule has 1 N–H and O–H groups in total. The molecule has 144 valence electrons. The van der Waals surface area contributed by atoms with Crippen molar-refractivity contribution in [3.8, 4) is 0 Å². The molecule has 0 unspecified atom stereocenters. The number of nitrogens with zero attached hydrogens (tertiary/aromatic N) is 1. The summed E-state index contributed by atoms with van der Waals surface area (Å²) in [6, 6.07) is 14.2. The Morgan fingerprint density at radius 1 is 1.15 bits per heavy atom. The summed E-state index contributed by atoms with van der Waals surface area (Å²) in [7, 11) is -3.74. The summed E-state index contributed by atoms with van der Waals surface area (Å²) in [5, 5.41) is 2.98. The number of rotatable bonds is 5. The van der Waals surface area contributed by atoms with Crippen molar-refractivity contribution < 1.29 is 17.6 Å². The van der Waals surface area contributed by atoms with Crippen LogP contribution in [0.3, 0.4) is 0 Å². The molecule has 2 atom stereocenters. The smallest absolute Gasteiger partial charge is 0.243 e. The summed E-state index contributed by atoms with van der Waals surface area (Å²) in [5.74, 6) is -1.04. The van der Waals surface area contributed by atoms with Crippen molar-refractivity contribution in [1.29, 1.82) is 0 Å². The minimum atomic E-state index is -3.74. The molecule has 0 saturated carbocycles. The van der Waals surface area contributed by atoms with Gasteiger partial charge in [-0.15, -0.1) is 0 Å². The van der Waals surface area contributed by atoms with E-state index in [-0.39, 0.29) is 23.4 Å². The van der Waals surface area contributed by atoms with Gasteiger partial charge in [0.05, 0.1) is 16.9 Å². The van der Waals surface area contributed by atoms with Gasteiger partial charge in [-0.25, -0.2) is 12.8 Å². The van der Waals surface area contributed by atoms with Gasteiger partial charge >= 0.3 is 0 Å². The van der Waals surface area contributed by atoms with Crippen molar-refractivity contribution in [2.45, 2.75) is 30.7 Å². The molecule has 0 bridgehead atoms.